The van der Waals surface area contributed by atoms with Gasteiger partial charge in [0.25, 0.3) is 0 Å². The maximum atomic E-state index is 12.9. The Morgan fingerprint density at radius 3 is 2.45 bits per heavy atom. The van der Waals surface area contributed by atoms with Gasteiger partial charge in [-0.1, -0.05) is 28.1 Å². The molecule has 0 bridgehead atoms. The summed E-state index contributed by atoms with van der Waals surface area (Å²) >= 11 is 3.32. The lowest BCUT2D eigenvalue weighted by atomic mass is 9.98. The Bertz CT molecular complexity index is 946. The average molecular weight is 481 g/mol. The molecule has 6 nitrogen and oxygen atoms in total. The summed E-state index contributed by atoms with van der Waals surface area (Å²) in [7, 11) is -2.01. The van der Waals surface area contributed by atoms with Gasteiger partial charge >= 0.3 is 0 Å². The van der Waals surface area contributed by atoms with Crippen LogP contribution in [0.3, 0.4) is 0 Å². The monoisotopic (exact) mass is 480 g/mol. The van der Waals surface area contributed by atoms with Crippen LogP contribution in [0.4, 0.5) is 0 Å². The van der Waals surface area contributed by atoms with Gasteiger partial charge < -0.3 is 10.1 Å². The molecule has 0 saturated carbocycles. The lowest BCUT2D eigenvalue weighted by molar-refractivity contribution is -0.126. The standard InChI is InChI=1S/C21H25BrN2O4S/c1-15(16-5-9-19(28-2)10-6-16)23-21(25)17-4-3-13-24(14-17)29(26,27)20-11-7-18(22)8-12-20/h5-12,15,17H,3-4,13-14H2,1-2H3,(H,23,25)/t15-,17+/m1/s1. The van der Waals surface area contributed by atoms with E-state index in [0.717, 1.165) is 15.8 Å². The van der Waals surface area contributed by atoms with E-state index in [1.165, 1.54) is 4.31 Å². The van der Waals surface area contributed by atoms with E-state index in [0.29, 0.717) is 19.4 Å². The maximum absolute atomic E-state index is 12.9. The van der Waals surface area contributed by atoms with E-state index in [-0.39, 0.29) is 29.3 Å². The summed E-state index contributed by atoms with van der Waals surface area (Å²) in [6.45, 7) is 2.54. The molecule has 1 aliphatic heterocycles. The Balaban J connectivity index is 1.66. The Kier molecular flexibility index (Phi) is 6.97. The van der Waals surface area contributed by atoms with Crippen LogP contribution in [0, 0.1) is 5.92 Å². The van der Waals surface area contributed by atoms with Crippen LogP contribution in [0.5, 0.6) is 5.75 Å². The maximum Gasteiger partial charge on any atom is 0.243 e. The van der Waals surface area contributed by atoms with Crippen molar-refractivity contribution in [3.05, 3.63) is 58.6 Å². The second-order valence-corrected chi connectivity index (χ2v) is 10.0. The molecule has 1 amide bonds. The Labute approximate surface area is 180 Å². The molecule has 3 rings (SSSR count). The molecule has 1 saturated heterocycles. The highest BCUT2D eigenvalue weighted by molar-refractivity contribution is 9.10. The number of ether oxygens (including phenoxy) is 1. The van der Waals surface area contributed by atoms with Gasteiger partial charge in [0.1, 0.15) is 5.75 Å². The van der Waals surface area contributed by atoms with E-state index in [2.05, 4.69) is 21.2 Å². The van der Waals surface area contributed by atoms with Crippen molar-refractivity contribution in [3.8, 4) is 5.75 Å². The highest BCUT2D eigenvalue weighted by Crippen LogP contribution is 2.26. The fourth-order valence-electron chi connectivity index (χ4n) is 3.44. The molecule has 8 heteroatoms. The summed E-state index contributed by atoms with van der Waals surface area (Å²) in [6.07, 6.45) is 1.33. The van der Waals surface area contributed by atoms with Crippen molar-refractivity contribution < 1.29 is 17.9 Å². The molecule has 2 atom stereocenters. The molecule has 2 aromatic carbocycles. The highest BCUT2D eigenvalue weighted by Gasteiger charge is 2.33. The van der Waals surface area contributed by atoms with Crippen molar-refractivity contribution in [2.75, 3.05) is 20.2 Å². The third-order valence-corrected chi connectivity index (χ3v) is 7.59. The van der Waals surface area contributed by atoms with Gasteiger partial charge in [-0.2, -0.15) is 4.31 Å². The Morgan fingerprint density at radius 1 is 1.17 bits per heavy atom. The normalized spacial score (nSPS) is 18.8. The lowest BCUT2D eigenvalue weighted by Crippen LogP contribution is -2.45. The van der Waals surface area contributed by atoms with Crippen LogP contribution in [-0.4, -0.2) is 38.8 Å². The number of benzene rings is 2. The molecule has 29 heavy (non-hydrogen) atoms. The minimum atomic E-state index is -3.61. The SMILES string of the molecule is COc1ccc([C@@H](C)NC(=O)[C@H]2CCCN(S(=O)(=O)c3ccc(Br)cc3)C2)cc1. The third-order valence-electron chi connectivity index (χ3n) is 5.18. The first-order valence-corrected chi connectivity index (χ1v) is 11.7. The average Bonchev–Trinajstić information content (AvgIpc) is 2.74. The number of nitrogens with one attached hydrogen (secondary N) is 1. The van der Waals surface area contributed by atoms with Crippen LogP contribution in [0.1, 0.15) is 31.4 Å². The molecule has 1 heterocycles. The number of methoxy groups -OCH3 is 1. The second-order valence-electron chi connectivity index (χ2n) is 7.16. The van der Waals surface area contributed by atoms with Gasteiger partial charge in [-0.05, 0) is 61.7 Å². The molecule has 0 unspecified atom stereocenters. The number of halogens is 1. The molecule has 0 radical (unpaired) electrons. The van der Waals surface area contributed by atoms with Crippen LogP contribution in [0.25, 0.3) is 0 Å². The smallest absolute Gasteiger partial charge is 0.243 e. The van der Waals surface area contributed by atoms with E-state index in [9.17, 15) is 13.2 Å². The van der Waals surface area contributed by atoms with Crippen molar-refractivity contribution in [1.82, 2.24) is 9.62 Å². The van der Waals surface area contributed by atoms with Crippen LogP contribution < -0.4 is 10.1 Å². The van der Waals surface area contributed by atoms with E-state index < -0.39 is 10.0 Å². The van der Waals surface area contributed by atoms with Crippen molar-refractivity contribution in [2.45, 2.75) is 30.7 Å². The summed E-state index contributed by atoms with van der Waals surface area (Å²) in [4.78, 5) is 13.0. The number of hydrogen-bond acceptors (Lipinski definition) is 4. The number of piperidine rings is 1. The van der Waals surface area contributed by atoms with E-state index >= 15 is 0 Å². The predicted molar refractivity (Wildman–Crippen MR) is 115 cm³/mol. The fraction of sp³-hybridized carbons (Fsp3) is 0.381. The van der Waals surface area contributed by atoms with E-state index in [1.54, 1.807) is 31.4 Å². The van der Waals surface area contributed by atoms with Gasteiger partial charge in [-0.25, -0.2) is 8.42 Å². The molecule has 2 aromatic rings. The predicted octanol–water partition coefficient (Wildman–Crippen LogP) is 3.74. The number of carbonyl (C=O) groups excluding carboxylic acids is 1. The Hall–Kier alpha value is -1.90. The van der Waals surface area contributed by atoms with Crippen molar-refractivity contribution in [1.29, 1.82) is 0 Å². The summed E-state index contributed by atoms with van der Waals surface area (Å²) in [5.41, 5.74) is 0.967. The molecule has 1 N–H and O–H groups in total. The van der Waals surface area contributed by atoms with Crippen LogP contribution in [0.15, 0.2) is 57.9 Å². The molecular formula is C21H25BrN2O4S. The number of amides is 1. The van der Waals surface area contributed by atoms with Crippen molar-refractivity contribution >= 4 is 31.9 Å². The first-order valence-electron chi connectivity index (χ1n) is 9.51. The van der Waals surface area contributed by atoms with Gasteiger partial charge in [0.15, 0.2) is 0 Å². The van der Waals surface area contributed by atoms with Crippen LogP contribution in [-0.2, 0) is 14.8 Å². The minimum absolute atomic E-state index is 0.121. The Morgan fingerprint density at radius 2 is 1.83 bits per heavy atom. The van der Waals surface area contributed by atoms with E-state index in [4.69, 9.17) is 4.74 Å². The number of hydrogen-bond donors (Lipinski definition) is 1. The topological polar surface area (TPSA) is 75.7 Å². The zero-order valence-corrected chi connectivity index (χ0v) is 18.9. The zero-order valence-electron chi connectivity index (χ0n) is 16.5. The summed E-state index contributed by atoms with van der Waals surface area (Å²) in [5.74, 6) is 0.270. The fourth-order valence-corrected chi connectivity index (χ4v) is 5.23. The number of sulfonamides is 1. The van der Waals surface area contributed by atoms with Crippen molar-refractivity contribution in [3.63, 3.8) is 0 Å². The van der Waals surface area contributed by atoms with Crippen LogP contribution in [0.2, 0.25) is 0 Å². The van der Waals surface area contributed by atoms with Gasteiger partial charge in [-0.15, -0.1) is 0 Å². The highest BCUT2D eigenvalue weighted by atomic mass is 79.9. The van der Waals surface area contributed by atoms with Gasteiger partial charge in [0.2, 0.25) is 15.9 Å². The molecule has 0 spiro atoms. The molecule has 0 aromatic heterocycles. The van der Waals surface area contributed by atoms with Gasteiger partial charge in [0.05, 0.1) is 24.0 Å². The van der Waals surface area contributed by atoms with Crippen molar-refractivity contribution in [2.24, 2.45) is 5.92 Å². The summed E-state index contributed by atoms with van der Waals surface area (Å²) < 4.78 is 33.3. The number of carbonyl (C=O) groups is 1. The largest absolute Gasteiger partial charge is 0.497 e. The minimum Gasteiger partial charge on any atom is -0.497 e. The molecule has 1 fully saturated rings. The zero-order chi connectivity index (χ0) is 21.0. The second kappa shape index (κ2) is 9.28. The quantitative estimate of drug-likeness (QED) is 0.682. The summed E-state index contributed by atoms with van der Waals surface area (Å²) in [5, 5.41) is 3.02. The first-order chi connectivity index (χ1) is 13.8. The number of rotatable bonds is 6. The first kappa shape index (κ1) is 21.8. The summed E-state index contributed by atoms with van der Waals surface area (Å²) in [6, 6.07) is 13.9. The molecule has 156 valence electrons. The molecule has 1 aliphatic rings. The lowest BCUT2D eigenvalue weighted by Gasteiger charge is -2.32. The van der Waals surface area contributed by atoms with Crippen LogP contribution >= 0.6 is 15.9 Å². The number of nitrogens with zero attached hydrogens (tertiary/aromatic N) is 1. The molecule has 0 aliphatic carbocycles. The molecular weight excluding hydrogens is 456 g/mol. The third kappa shape index (κ3) is 5.18. The van der Waals surface area contributed by atoms with Gasteiger partial charge in [0, 0.05) is 17.6 Å². The van der Waals surface area contributed by atoms with Gasteiger partial charge in [-0.3, -0.25) is 4.79 Å². The van der Waals surface area contributed by atoms with E-state index in [1.807, 2.05) is 31.2 Å².